The molecule has 24 heavy (non-hydrogen) atoms. The van der Waals surface area contributed by atoms with Crippen LogP contribution in [0.25, 0.3) is 0 Å². The fourth-order valence-corrected chi connectivity index (χ4v) is 2.56. The van der Waals surface area contributed by atoms with Gasteiger partial charge in [-0.3, -0.25) is 14.5 Å². The highest BCUT2D eigenvalue weighted by Crippen LogP contribution is 2.18. The third-order valence-electron chi connectivity index (χ3n) is 3.89. The lowest BCUT2D eigenvalue weighted by atomic mass is 9.92. The minimum absolute atomic E-state index is 0. The second-order valence-corrected chi connectivity index (χ2v) is 7.12. The van der Waals surface area contributed by atoms with E-state index in [1.807, 2.05) is 18.1 Å². The van der Waals surface area contributed by atoms with E-state index in [1.165, 1.54) is 0 Å². The number of aryl methyl sites for hydroxylation is 1. The van der Waals surface area contributed by atoms with Gasteiger partial charge in [-0.2, -0.15) is 5.10 Å². The van der Waals surface area contributed by atoms with Gasteiger partial charge in [-0.25, -0.2) is 0 Å². The highest BCUT2D eigenvalue weighted by atomic mass is 127. The number of nitrogens with zero attached hydrogens (tertiary/aromatic N) is 5. The molecule has 0 spiro atoms. The summed E-state index contributed by atoms with van der Waals surface area (Å²) >= 11 is 0. The molecule has 1 aliphatic heterocycles. The van der Waals surface area contributed by atoms with Crippen molar-refractivity contribution in [3.05, 3.63) is 12.4 Å². The van der Waals surface area contributed by atoms with Crippen molar-refractivity contribution in [2.75, 3.05) is 38.1 Å². The fraction of sp³-hybridized carbons (Fsp3) is 0.688. The summed E-state index contributed by atoms with van der Waals surface area (Å²) in [4.78, 5) is 20.5. The molecule has 1 N–H and O–H groups in total. The number of hydrogen-bond acceptors (Lipinski definition) is 3. The molecular formula is C16H29IN6O. The van der Waals surface area contributed by atoms with Crippen LogP contribution in [0, 0.1) is 5.41 Å². The smallest absolute Gasteiger partial charge is 0.246 e. The number of rotatable bonds is 3. The molecule has 0 radical (unpaired) electrons. The van der Waals surface area contributed by atoms with Gasteiger partial charge in [0, 0.05) is 39.9 Å². The molecule has 7 nitrogen and oxygen atoms in total. The third kappa shape index (κ3) is 5.64. The van der Waals surface area contributed by atoms with Gasteiger partial charge >= 0.3 is 0 Å². The van der Waals surface area contributed by atoms with Crippen molar-refractivity contribution in [1.82, 2.24) is 20.0 Å². The number of guanidine groups is 1. The summed E-state index contributed by atoms with van der Waals surface area (Å²) in [5, 5.41) is 7.50. The van der Waals surface area contributed by atoms with E-state index in [0.717, 1.165) is 31.2 Å². The summed E-state index contributed by atoms with van der Waals surface area (Å²) in [6.45, 7) is 9.24. The Morgan fingerprint density at radius 1 is 1.38 bits per heavy atom. The van der Waals surface area contributed by atoms with Crippen LogP contribution in [0.3, 0.4) is 0 Å². The summed E-state index contributed by atoms with van der Waals surface area (Å²) in [6, 6.07) is 0. The molecule has 2 heterocycles. The molecule has 0 aliphatic carbocycles. The number of carbonyl (C=O) groups is 1. The van der Waals surface area contributed by atoms with Crippen LogP contribution in [-0.2, 0) is 11.8 Å². The molecule has 0 aromatic carbocycles. The predicted molar refractivity (Wildman–Crippen MR) is 108 cm³/mol. The second-order valence-electron chi connectivity index (χ2n) is 7.12. The van der Waals surface area contributed by atoms with Crippen LogP contribution >= 0.6 is 24.0 Å². The van der Waals surface area contributed by atoms with E-state index in [1.54, 1.807) is 22.8 Å². The van der Waals surface area contributed by atoms with Crippen molar-refractivity contribution in [1.29, 1.82) is 0 Å². The van der Waals surface area contributed by atoms with E-state index in [0.29, 0.717) is 13.1 Å². The maximum atomic E-state index is 12.4. The van der Waals surface area contributed by atoms with E-state index in [9.17, 15) is 4.79 Å². The predicted octanol–water partition coefficient (Wildman–Crippen LogP) is 1.70. The summed E-state index contributed by atoms with van der Waals surface area (Å²) in [5.74, 6) is 0.872. The number of anilines is 1. The van der Waals surface area contributed by atoms with Crippen molar-refractivity contribution in [2.45, 2.75) is 27.2 Å². The molecule has 0 unspecified atom stereocenters. The van der Waals surface area contributed by atoms with Crippen LogP contribution < -0.4 is 10.2 Å². The van der Waals surface area contributed by atoms with Crippen molar-refractivity contribution >= 4 is 41.5 Å². The average Bonchev–Trinajstić information content (AvgIpc) is 2.88. The largest absolute Gasteiger partial charge is 0.356 e. The summed E-state index contributed by atoms with van der Waals surface area (Å²) in [6.07, 6.45) is 4.64. The SMILES string of the molecule is CN=C(NCCC(C)(C)C)N1CCN(c2cnn(C)c2)C(=O)C1.I. The number of amides is 1. The van der Waals surface area contributed by atoms with Gasteiger partial charge in [0.1, 0.15) is 6.54 Å². The van der Waals surface area contributed by atoms with Crippen molar-refractivity contribution < 1.29 is 4.79 Å². The molecule has 1 aromatic heterocycles. The summed E-state index contributed by atoms with van der Waals surface area (Å²) < 4.78 is 1.71. The molecule has 0 bridgehead atoms. The minimum Gasteiger partial charge on any atom is -0.356 e. The zero-order valence-electron chi connectivity index (χ0n) is 15.2. The van der Waals surface area contributed by atoms with Gasteiger partial charge < -0.3 is 15.1 Å². The Morgan fingerprint density at radius 2 is 2.08 bits per heavy atom. The first kappa shape index (κ1) is 20.7. The van der Waals surface area contributed by atoms with Crippen molar-refractivity contribution in [3.63, 3.8) is 0 Å². The monoisotopic (exact) mass is 448 g/mol. The summed E-state index contributed by atoms with van der Waals surface area (Å²) in [7, 11) is 3.61. The van der Waals surface area contributed by atoms with Crippen LogP contribution in [-0.4, -0.2) is 59.8 Å². The Hall–Kier alpha value is -1.32. The molecule has 8 heteroatoms. The van der Waals surface area contributed by atoms with E-state index in [2.05, 4.69) is 36.2 Å². The normalized spacial score (nSPS) is 16.2. The number of piperazine rings is 1. The Kier molecular flexibility index (Phi) is 7.50. The molecule has 2 rings (SSSR count). The lowest BCUT2D eigenvalue weighted by Gasteiger charge is -2.35. The Balaban J connectivity index is 0.00000288. The van der Waals surface area contributed by atoms with E-state index >= 15 is 0 Å². The lowest BCUT2D eigenvalue weighted by molar-refractivity contribution is -0.120. The Bertz CT molecular complexity index is 577. The van der Waals surface area contributed by atoms with Crippen molar-refractivity contribution in [2.24, 2.45) is 17.5 Å². The molecule has 1 fully saturated rings. The van der Waals surface area contributed by atoms with E-state index < -0.39 is 0 Å². The molecule has 0 saturated carbocycles. The average molecular weight is 448 g/mol. The summed E-state index contributed by atoms with van der Waals surface area (Å²) in [5.41, 5.74) is 1.13. The first-order chi connectivity index (χ1) is 10.8. The fourth-order valence-electron chi connectivity index (χ4n) is 2.56. The topological polar surface area (TPSA) is 65.8 Å². The van der Waals surface area contributed by atoms with Crippen LogP contribution in [0.2, 0.25) is 0 Å². The Morgan fingerprint density at radius 3 is 2.58 bits per heavy atom. The zero-order valence-corrected chi connectivity index (χ0v) is 17.6. The zero-order chi connectivity index (χ0) is 17.0. The number of carbonyl (C=O) groups excluding carboxylic acids is 1. The van der Waals surface area contributed by atoms with Crippen LogP contribution in [0.1, 0.15) is 27.2 Å². The van der Waals surface area contributed by atoms with Gasteiger partial charge in [0.25, 0.3) is 0 Å². The van der Waals surface area contributed by atoms with Gasteiger partial charge in [0.15, 0.2) is 5.96 Å². The highest BCUT2D eigenvalue weighted by molar-refractivity contribution is 14.0. The van der Waals surface area contributed by atoms with Crippen LogP contribution in [0.4, 0.5) is 5.69 Å². The molecule has 1 amide bonds. The second kappa shape index (κ2) is 8.68. The first-order valence-electron chi connectivity index (χ1n) is 8.05. The van der Waals surface area contributed by atoms with Crippen molar-refractivity contribution in [3.8, 4) is 0 Å². The first-order valence-corrected chi connectivity index (χ1v) is 8.05. The minimum atomic E-state index is 0. The van der Waals surface area contributed by atoms with Gasteiger partial charge in [-0.1, -0.05) is 20.8 Å². The van der Waals surface area contributed by atoms with Gasteiger partial charge in [0.2, 0.25) is 5.91 Å². The number of nitrogens with one attached hydrogen (secondary N) is 1. The van der Waals surface area contributed by atoms with Crippen LogP contribution in [0.5, 0.6) is 0 Å². The highest BCUT2D eigenvalue weighted by Gasteiger charge is 2.27. The third-order valence-corrected chi connectivity index (χ3v) is 3.89. The van der Waals surface area contributed by atoms with Crippen LogP contribution in [0.15, 0.2) is 17.4 Å². The quantitative estimate of drug-likeness (QED) is 0.435. The molecule has 1 aliphatic rings. The van der Waals surface area contributed by atoms with Gasteiger partial charge in [0.05, 0.1) is 11.9 Å². The lowest BCUT2D eigenvalue weighted by Crippen LogP contribution is -2.55. The Labute approximate surface area is 161 Å². The number of hydrogen-bond donors (Lipinski definition) is 1. The maximum absolute atomic E-state index is 12.4. The number of halogens is 1. The molecule has 136 valence electrons. The maximum Gasteiger partial charge on any atom is 0.246 e. The number of aromatic nitrogens is 2. The van der Waals surface area contributed by atoms with Gasteiger partial charge in [-0.05, 0) is 11.8 Å². The molecule has 1 saturated heterocycles. The van der Waals surface area contributed by atoms with Gasteiger partial charge in [-0.15, -0.1) is 24.0 Å². The van der Waals surface area contributed by atoms with E-state index in [-0.39, 0.29) is 35.3 Å². The number of aliphatic imine (C=N–C) groups is 1. The molecular weight excluding hydrogens is 419 g/mol. The van der Waals surface area contributed by atoms with E-state index in [4.69, 9.17) is 0 Å². The molecule has 0 atom stereocenters. The standard InChI is InChI=1S/C16H28N6O.HI/c1-16(2,3)6-7-18-15(17-4)21-8-9-22(14(23)12-21)13-10-19-20(5)11-13;/h10-11H,6-9,12H2,1-5H3,(H,17,18);1H. The molecule has 1 aromatic rings.